The minimum atomic E-state index is -2.82. The van der Waals surface area contributed by atoms with Gasteiger partial charge >= 0.3 is 41.8 Å². The molecule has 0 unspecified atom stereocenters. The van der Waals surface area contributed by atoms with E-state index in [4.69, 9.17) is 37.9 Å². The van der Waals surface area contributed by atoms with Gasteiger partial charge in [-0.25, -0.2) is 33.6 Å². The first kappa shape index (κ1) is 62.0. The number of carbonyl (C=O) groups is 7. The maximum Gasteiger partial charge on any atom is 0.344 e. The molecule has 0 saturated carbocycles. The molecule has 89 heavy (non-hydrogen) atoms. The summed E-state index contributed by atoms with van der Waals surface area (Å²) in [7, 11) is 0. The van der Waals surface area contributed by atoms with Gasteiger partial charge in [0, 0.05) is 0 Å². The molecular formula is C55H40O34. The molecule has 5 atom stereocenters. The van der Waals surface area contributed by atoms with Crippen LogP contribution in [0.4, 0.5) is 0 Å². The summed E-state index contributed by atoms with van der Waals surface area (Å²) in [4.78, 5) is 97.9. The summed E-state index contributed by atoms with van der Waals surface area (Å²) in [5, 5.41) is 194. The Morgan fingerprint density at radius 1 is 0.292 bits per heavy atom. The fourth-order valence-electron chi connectivity index (χ4n) is 8.03. The standard InChI is InChI=1S/C55H40O34/c56-23-1-16(2-24(57)38(23)69)48(75)82-15-37-45(86-51(78)19-7-29(62)41(72)30(63)8-19)46(87-52(79)20-9-31(64)42(73)32(65)10-20)47(88-53(80)21-11-33(66)43(74)34(67)12-21)55(84-37)89-54(81)22-13-35(68)44(85-50(77)18-5-27(60)40(71)28(61)6-18)36(14-22)83-49(76)17-3-25(58)39(70)26(59)4-17/h1-14,37,45-47,55-74H,15H2/t37-,45-,46+,47-,55+/m1/s1. The Bertz CT molecular complexity index is 3960. The van der Waals surface area contributed by atoms with Gasteiger partial charge in [-0.15, -0.1) is 0 Å². The topological polar surface area (TPSA) is 578 Å². The van der Waals surface area contributed by atoms with Crippen LogP contribution in [-0.2, 0) is 28.4 Å². The molecule has 1 fully saturated rings. The summed E-state index contributed by atoms with van der Waals surface area (Å²) < 4.78 is 44.3. The van der Waals surface area contributed by atoms with Crippen LogP contribution in [-0.4, -0.2) is 176 Å². The Labute approximate surface area is 491 Å². The van der Waals surface area contributed by atoms with Gasteiger partial charge in [0.2, 0.25) is 18.1 Å². The van der Waals surface area contributed by atoms with Gasteiger partial charge in [0.05, 0.1) is 38.9 Å². The second-order valence-electron chi connectivity index (χ2n) is 18.4. The normalized spacial score (nSPS) is 16.0. The predicted octanol–water partition coefficient (Wildman–Crippen LogP) is 2.95. The van der Waals surface area contributed by atoms with E-state index < -0.39 is 239 Å². The lowest BCUT2D eigenvalue weighted by molar-refractivity contribution is -0.282. The Balaban J connectivity index is 1.29. The zero-order valence-electron chi connectivity index (χ0n) is 43.8. The van der Waals surface area contributed by atoms with Crippen LogP contribution in [0, 0.1) is 0 Å². The highest BCUT2D eigenvalue weighted by molar-refractivity contribution is 5.98. The van der Waals surface area contributed by atoms with Gasteiger partial charge in [0.1, 0.15) is 12.7 Å². The fraction of sp³-hybridized carbons (Fsp3) is 0.109. The number of carbonyl (C=O) groups excluding carboxylic acids is 7. The van der Waals surface area contributed by atoms with Crippen molar-refractivity contribution in [2.24, 2.45) is 0 Å². The van der Waals surface area contributed by atoms with Gasteiger partial charge < -0.3 is 135 Å². The minimum Gasteiger partial charge on any atom is -0.504 e. The molecule has 0 bridgehead atoms. The molecule has 1 aliphatic rings. The molecule has 34 nitrogen and oxygen atoms in total. The molecule has 0 spiro atoms. The number of phenolic OH excluding ortho intramolecular Hbond substituents is 19. The largest absolute Gasteiger partial charge is 0.504 e. The van der Waals surface area contributed by atoms with Crippen molar-refractivity contribution in [3.63, 3.8) is 0 Å². The van der Waals surface area contributed by atoms with Crippen molar-refractivity contribution in [2.45, 2.75) is 30.7 Å². The van der Waals surface area contributed by atoms with Crippen molar-refractivity contribution in [1.82, 2.24) is 0 Å². The minimum absolute atomic E-state index is 0.383. The van der Waals surface area contributed by atoms with Crippen LogP contribution in [0.2, 0.25) is 0 Å². The maximum atomic E-state index is 14.7. The molecule has 34 heteroatoms. The summed E-state index contributed by atoms with van der Waals surface area (Å²) in [5.74, 6) is -36.7. The second-order valence-corrected chi connectivity index (χ2v) is 18.4. The van der Waals surface area contributed by atoms with Crippen molar-refractivity contribution in [3.8, 4) is 121 Å². The molecule has 7 aromatic carbocycles. The second kappa shape index (κ2) is 24.3. The van der Waals surface area contributed by atoms with E-state index in [1.54, 1.807) is 0 Å². The zero-order valence-corrected chi connectivity index (χ0v) is 43.8. The smallest absolute Gasteiger partial charge is 0.344 e. The Hall–Kier alpha value is -13.0. The molecule has 464 valence electrons. The molecule has 7 aromatic rings. The third kappa shape index (κ3) is 12.9. The average Bonchev–Trinajstić information content (AvgIpc) is 0.870. The van der Waals surface area contributed by atoms with Gasteiger partial charge in [-0.3, -0.25) is 0 Å². The highest BCUT2D eigenvalue weighted by atomic mass is 16.7. The van der Waals surface area contributed by atoms with Crippen LogP contribution in [0.5, 0.6) is 121 Å². The van der Waals surface area contributed by atoms with Gasteiger partial charge in [-0.1, -0.05) is 0 Å². The summed E-state index contributed by atoms with van der Waals surface area (Å²) >= 11 is 0. The lowest BCUT2D eigenvalue weighted by Gasteiger charge is -2.43. The Kier molecular flexibility index (Phi) is 16.9. The number of esters is 7. The summed E-state index contributed by atoms with van der Waals surface area (Å²) in [6.07, 6.45) is -13.3. The van der Waals surface area contributed by atoms with Crippen molar-refractivity contribution >= 4 is 41.8 Å². The maximum absolute atomic E-state index is 14.7. The van der Waals surface area contributed by atoms with E-state index in [1.807, 2.05) is 0 Å². The lowest BCUT2D eigenvalue weighted by atomic mass is 9.97. The first-order valence-electron chi connectivity index (χ1n) is 24.3. The number of benzene rings is 7. The predicted molar refractivity (Wildman–Crippen MR) is 279 cm³/mol. The van der Waals surface area contributed by atoms with E-state index in [1.165, 1.54) is 0 Å². The molecule has 0 radical (unpaired) electrons. The average molecular weight is 1240 g/mol. The van der Waals surface area contributed by atoms with Gasteiger partial charge in [-0.2, -0.15) is 0 Å². The number of hydrogen-bond donors (Lipinski definition) is 19. The number of hydrogen-bond acceptors (Lipinski definition) is 34. The summed E-state index contributed by atoms with van der Waals surface area (Å²) in [6.45, 7) is -1.41. The first-order chi connectivity index (χ1) is 41.8. The van der Waals surface area contributed by atoms with Crippen molar-refractivity contribution < 1.29 is 168 Å². The van der Waals surface area contributed by atoms with Crippen molar-refractivity contribution in [3.05, 3.63) is 124 Å². The molecule has 19 N–H and O–H groups in total. The molecule has 1 saturated heterocycles. The molecule has 0 amide bonds. The molecule has 0 aliphatic carbocycles. The van der Waals surface area contributed by atoms with E-state index >= 15 is 0 Å². The van der Waals surface area contributed by atoms with Crippen molar-refractivity contribution in [1.29, 1.82) is 0 Å². The quantitative estimate of drug-likeness (QED) is 0.0304. The molecular weight excluding hydrogens is 1200 g/mol. The fourth-order valence-corrected chi connectivity index (χ4v) is 8.03. The van der Waals surface area contributed by atoms with Crippen LogP contribution < -0.4 is 9.47 Å². The van der Waals surface area contributed by atoms with Crippen LogP contribution >= 0.6 is 0 Å². The SMILES string of the molecule is O=C(OC[C@H]1O[C@@H](OC(=O)c2cc(O)c(OC(=O)c3cc(O)c(O)c(O)c3)c(OC(=O)c3cc(O)c(O)c(O)c3)c2)[C@H](OC(=O)c2cc(O)c(O)c(O)c2)[C@@H](OC(=O)c2cc(O)c(O)c(O)c2)[C@@H]1OC(=O)c1cc(O)c(O)c(O)c1)c1cc(O)c(O)c(O)c1. The Morgan fingerprint density at radius 2 is 0.551 bits per heavy atom. The van der Waals surface area contributed by atoms with Gasteiger partial charge in [-0.05, 0) is 84.9 Å². The van der Waals surface area contributed by atoms with E-state index in [-0.39, 0.29) is 0 Å². The third-order valence-corrected chi connectivity index (χ3v) is 12.4. The number of rotatable bonds is 15. The van der Waals surface area contributed by atoms with E-state index in [2.05, 4.69) is 0 Å². The number of phenols is 19. The summed E-state index contributed by atoms with van der Waals surface area (Å²) in [6, 6.07) is 6.89. The Morgan fingerprint density at radius 3 is 0.899 bits per heavy atom. The lowest BCUT2D eigenvalue weighted by Crippen LogP contribution is -2.63. The zero-order chi connectivity index (χ0) is 65.4. The monoisotopic (exact) mass is 1240 g/mol. The van der Waals surface area contributed by atoms with Crippen LogP contribution in [0.1, 0.15) is 72.5 Å². The van der Waals surface area contributed by atoms with Gasteiger partial charge in [0.25, 0.3) is 0 Å². The first-order valence-corrected chi connectivity index (χ1v) is 24.3. The van der Waals surface area contributed by atoms with E-state index in [0.29, 0.717) is 84.9 Å². The van der Waals surface area contributed by atoms with E-state index in [0.717, 1.165) is 0 Å². The summed E-state index contributed by atoms with van der Waals surface area (Å²) in [5.41, 5.74) is -6.19. The number of aromatic hydroxyl groups is 19. The molecule has 1 heterocycles. The highest BCUT2D eigenvalue weighted by Crippen LogP contribution is 2.45. The van der Waals surface area contributed by atoms with Crippen molar-refractivity contribution in [2.75, 3.05) is 6.61 Å². The van der Waals surface area contributed by atoms with Crippen LogP contribution in [0.3, 0.4) is 0 Å². The van der Waals surface area contributed by atoms with Crippen LogP contribution in [0.25, 0.3) is 0 Å². The number of ether oxygens (including phenoxy) is 8. The highest BCUT2D eigenvalue weighted by Gasteiger charge is 2.55. The molecule has 0 aromatic heterocycles. The van der Waals surface area contributed by atoms with Gasteiger partial charge in [0.15, 0.2) is 127 Å². The molecule has 1 aliphatic heterocycles. The van der Waals surface area contributed by atoms with Crippen LogP contribution in [0.15, 0.2) is 84.9 Å². The molecule has 8 rings (SSSR count). The van der Waals surface area contributed by atoms with E-state index in [9.17, 15) is 131 Å². The third-order valence-electron chi connectivity index (χ3n) is 12.4.